The van der Waals surface area contributed by atoms with Crippen LogP contribution in [0, 0.1) is 23.7 Å². The number of ketones is 1. The van der Waals surface area contributed by atoms with Crippen LogP contribution >= 0.6 is 0 Å². The molecule has 0 fully saturated rings. The van der Waals surface area contributed by atoms with E-state index >= 15 is 0 Å². The maximum atomic E-state index is 12.3. The van der Waals surface area contributed by atoms with Gasteiger partial charge in [0.05, 0.1) is 12.0 Å². The zero-order valence-electron chi connectivity index (χ0n) is 13.8. The Morgan fingerprint density at radius 1 is 1.24 bits per heavy atom. The van der Waals surface area contributed by atoms with Crippen LogP contribution in [0.3, 0.4) is 0 Å². The lowest BCUT2D eigenvalue weighted by molar-refractivity contribution is -0.130. The molecule has 1 rings (SSSR count). The molecule has 1 unspecified atom stereocenters. The van der Waals surface area contributed by atoms with Gasteiger partial charge in [-0.3, -0.25) is 9.59 Å². The average molecular weight is 295 g/mol. The van der Waals surface area contributed by atoms with Gasteiger partial charge in [0.1, 0.15) is 0 Å². The van der Waals surface area contributed by atoms with Gasteiger partial charge in [-0.25, -0.2) is 0 Å². The van der Waals surface area contributed by atoms with Crippen molar-refractivity contribution in [3.05, 3.63) is 12.2 Å². The zero-order chi connectivity index (χ0) is 16.2. The molecule has 0 spiro atoms. The quantitative estimate of drug-likeness (QED) is 0.780. The van der Waals surface area contributed by atoms with Gasteiger partial charge in [-0.15, -0.1) is 0 Å². The van der Waals surface area contributed by atoms with E-state index in [1.54, 1.807) is 13.0 Å². The van der Waals surface area contributed by atoms with Crippen LogP contribution in [-0.4, -0.2) is 28.9 Å². The Labute approximate surface area is 128 Å². The molecule has 1 heterocycles. The van der Waals surface area contributed by atoms with Crippen LogP contribution in [0.4, 0.5) is 0 Å². The van der Waals surface area contributed by atoms with Crippen LogP contribution in [0.5, 0.6) is 0 Å². The Hall–Kier alpha value is -1.16. The Morgan fingerprint density at radius 2 is 1.86 bits per heavy atom. The molecular weight excluding hydrogens is 266 g/mol. The second-order valence-electron chi connectivity index (χ2n) is 6.54. The van der Waals surface area contributed by atoms with Crippen LogP contribution in [0.15, 0.2) is 12.2 Å². The number of allylic oxidation sites excluding steroid dienone is 1. The van der Waals surface area contributed by atoms with Gasteiger partial charge in [-0.1, -0.05) is 40.7 Å². The molecule has 0 aromatic heterocycles. The van der Waals surface area contributed by atoms with Crippen molar-refractivity contribution in [2.75, 3.05) is 0 Å². The Morgan fingerprint density at radius 3 is 2.43 bits per heavy atom. The molecule has 120 valence electrons. The maximum absolute atomic E-state index is 12.3. The Bertz CT molecular complexity index is 405. The van der Waals surface area contributed by atoms with Gasteiger partial charge in [-0.05, 0) is 30.8 Å². The summed E-state index contributed by atoms with van der Waals surface area (Å²) < 4.78 is 0. The smallest absolute Gasteiger partial charge is 0.225 e. The van der Waals surface area contributed by atoms with Gasteiger partial charge >= 0.3 is 0 Å². The molecule has 21 heavy (non-hydrogen) atoms. The summed E-state index contributed by atoms with van der Waals surface area (Å²) in [5, 5.41) is 13.3. The van der Waals surface area contributed by atoms with Gasteiger partial charge in [0, 0.05) is 12.0 Å². The van der Waals surface area contributed by atoms with Crippen molar-refractivity contribution in [1.29, 1.82) is 0 Å². The molecule has 0 radical (unpaired) electrons. The summed E-state index contributed by atoms with van der Waals surface area (Å²) in [6.45, 7) is 9.54. The van der Waals surface area contributed by atoms with Crippen molar-refractivity contribution in [1.82, 2.24) is 5.32 Å². The molecule has 0 aliphatic carbocycles. The standard InChI is InChI=1S/C17H29NO3/c1-6-14-10(2)7-8-15(19)11(3)9-12(4)16(20)13(5)17(21)18-14/h7-8,10-14,16,20H,6,9H2,1-5H3,(H,18,21)/b8-7-/t10-,11-,12+,13-,14?,16+/m1/s1. The monoisotopic (exact) mass is 295 g/mol. The summed E-state index contributed by atoms with van der Waals surface area (Å²) in [4.78, 5) is 24.4. The molecule has 1 aliphatic rings. The minimum absolute atomic E-state index is 0.0127. The van der Waals surface area contributed by atoms with Crippen molar-refractivity contribution in [2.45, 2.75) is 59.6 Å². The number of aliphatic hydroxyl groups excluding tert-OH is 1. The lowest BCUT2D eigenvalue weighted by atomic mass is 9.84. The number of nitrogens with one attached hydrogen (secondary N) is 1. The number of aliphatic hydroxyl groups is 1. The molecule has 1 aliphatic heterocycles. The van der Waals surface area contributed by atoms with Crippen LogP contribution in [0.2, 0.25) is 0 Å². The van der Waals surface area contributed by atoms with Crippen molar-refractivity contribution < 1.29 is 14.7 Å². The number of carbonyl (C=O) groups excluding carboxylic acids is 2. The van der Waals surface area contributed by atoms with Crippen molar-refractivity contribution in [2.24, 2.45) is 23.7 Å². The summed E-state index contributed by atoms with van der Waals surface area (Å²) in [5.41, 5.74) is 0. The van der Waals surface area contributed by atoms with Crippen molar-refractivity contribution >= 4 is 11.7 Å². The first-order chi connectivity index (χ1) is 9.77. The molecule has 0 aromatic rings. The van der Waals surface area contributed by atoms with E-state index in [-0.39, 0.29) is 35.5 Å². The third kappa shape index (κ3) is 4.67. The molecule has 4 nitrogen and oxygen atoms in total. The number of rotatable bonds is 1. The van der Waals surface area contributed by atoms with Gasteiger partial charge in [0.15, 0.2) is 5.78 Å². The number of hydrogen-bond acceptors (Lipinski definition) is 3. The second-order valence-corrected chi connectivity index (χ2v) is 6.54. The SMILES string of the molecule is CCC1NC(=O)[C@H](C)[C@@H](O)[C@@H](C)C[C@@H](C)C(=O)/C=C\[C@H]1C. The first-order valence-electron chi connectivity index (χ1n) is 7.98. The van der Waals surface area contributed by atoms with E-state index < -0.39 is 12.0 Å². The minimum atomic E-state index is -0.725. The maximum Gasteiger partial charge on any atom is 0.225 e. The molecule has 6 atom stereocenters. The molecule has 0 saturated carbocycles. The lowest BCUT2D eigenvalue weighted by Crippen LogP contribution is -2.45. The van der Waals surface area contributed by atoms with Gasteiger partial charge < -0.3 is 10.4 Å². The number of hydrogen-bond donors (Lipinski definition) is 2. The molecular formula is C17H29NO3. The van der Waals surface area contributed by atoms with E-state index in [2.05, 4.69) is 5.32 Å². The first-order valence-corrected chi connectivity index (χ1v) is 7.98. The molecule has 0 bridgehead atoms. The van der Waals surface area contributed by atoms with Gasteiger partial charge in [-0.2, -0.15) is 0 Å². The van der Waals surface area contributed by atoms with E-state index in [1.807, 2.05) is 33.8 Å². The molecule has 2 N–H and O–H groups in total. The van der Waals surface area contributed by atoms with E-state index in [0.717, 1.165) is 6.42 Å². The highest BCUT2D eigenvalue weighted by Crippen LogP contribution is 2.23. The fraction of sp³-hybridized carbons (Fsp3) is 0.765. The third-order valence-corrected chi connectivity index (χ3v) is 4.69. The summed E-state index contributed by atoms with van der Waals surface area (Å²) in [5.74, 6) is -0.609. The summed E-state index contributed by atoms with van der Waals surface area (Å²) in [7, 11) is 0. The molecule has 0 saturated heterocycles. The first kappa shape index (κ1) is 17.9. The number of carbonyl (C=O) groups is 2. The Kier molecular flexibility index (Phi) is 6.59. The van der Waals surface area contributed by atoms with Crippen LogP contribution in [-0.2, 0) is 9.59 Å². The minimum Gasteiger partial charge on any atom is -0.392 e. The summed E-state index contributed by atoms with van der Waals surface area (Å²) >= 11 is 0. The van der Waals surface area contributed by atoms with E-state index in [1.165, 1.54) is 0 Å². The van der Waals surface area contributed by atoms with Crippen molar-refractivity contribution in [3.8, 4) is 0 Å². The highest BCUT2D eigenvalue weighted by molar-refractivity contribution is 5.91. The highest BCUT2D eigenvalue weighted by Gasteiger charge is 2.30. The van der Waals surface area contributed by atoms with Gasteiger partial charge in [0.25, 0.3) is 0 Å². The van der Waals surface area contributed by atoms with E-state index in [9.17, 15) is 14.7 Å². The molecule has 0 aromatic carbocycles. The zero-order valence-corrected chi connectivity index (χ0v) is 13.8. The summed E-state index contributed by atoms with van der Waals surface area (Å²) in [6.07, 6.45) is 4.18. The van der Waals surface area contributed by atoms with Crippen molar-refractivity contribution in [3.63, 3.8) is 0 Å². The van der Waals surface area contributed by atoms with Crippen LogP contribution in [0.1, 0.15) is 47.5 Å². The summed E-state index contributed by atoms with van der Waals surface area (Å²) in [6, 6.07) is -0.0127. The molecule has 4 heteroatoms. The van der Waals surface area contributed by atoms with E-state index in [4.69, 9.17) is 0 Å². The molecule has 1 amide bonds. The largest absolute Gasteiger partial charge is 0.392 e. The predicted molar refractivity (Wildman–Crippen MR) is 83.6 cm³/mol. The Balaban J connectivity index is 3.04. The van der Waals surface area contributed by atoms with Gasteiger partial charge in [0.2, 0.25) is 5.91 Å². The normalized spacial score (nSPS) is 40.9. The predicted octanol–water partition coefficient (Wildman–Crippen LogP) is 2.32. The topological polar surface area (TPSA) is 66.4 Å². The third-order valence-electron chi connectivity index (χ3n) is 4.69. The fourth-order valence-electron chi connectivity index (χ4n) is 2.93. The van der Waals surface area contributed by atoms with E-state index in [0.29, 0.717) is 6.42 Å². The number of amides is 1. The average Bonchev–Trinajstić information content (AvgIpc) is 2.46. The fourth-order valence-corrected chi connectivity index (χ4v) is 2.93. The second kappa shape index (κ2) is 7.74. The highest BCUT2D eigenvalue weighted by atomic mass is 16.3. The van der Waals surface area contributed by atoms with Crippen LogP contribution in [0.25, 0.3) is 0 Å². The van der Waals surface area contributed by atoms with Crippen LogP contribution < -0.4 is 5.32 Å². The lowest BCUT2D eigenvalue weighted by Gasteiger charge is -2.29.